The van der Waals surface area contributed by atoms with Crippen molar-refractivity contribution < 1.29 is 4.74 Å². The summed E-state index contributed by atoms with van der Waals surface area (Å²) in [5.74, 6) is 2.06. The maximum Gasteiger partial charge on any atom is 0.191 e. The number of nitrogens with zero attached hydrogens (tertiary/aromatic N) is 1. The number of guanidine groups is 1. The molecule has 1 atom stereocenters. The number of hydrogen-bond donors (Lipinski definition) is 2. The molecule has 0 heterocycles. The first kappa shape index (κ1) is 22.6. The van der Waals surface area contributed by atoms with Gasteiger partial charge < -0.3 is 15.4 Å². The molecule has 0 rings (SSSR count). The summed E-state index contributed by atoms with van der Waals surface area (Å²) in [4.78, 5) is 4.61. The summed E-state index contributed by atoms with van der Waals surface area (Å²) in [7, 11) is 1.75. The van der Waals surface area contributed by atoms with Crippen LogP contribution in [0.4, 0.5) is 0 Å². The van der Waals surface area contributed by atoms with Crippen LogP contribution in [0.1, 0.15) is 34.1 Å². The van der Waals surface area contributed by atoms with Gasteiger partial charge in [0, 0.05) is 20.2 Å². The number of nitrogens with one attached hydrogen (secondary N) is 2. The second-order valence-corrected chi connectivity index (χ2v) is 6.57. The third-order valence-electron chi connectivity index (χ3n) is 2.83. The van der Waals surface area contributed by atoms with Gasteiger partial charge >= 0.3 is 0 Å². The van der Waals surface area contributed by atoms with E-state index in [-0.39, 0.29) is 35.5 Å². The van der Waals surface area contributed by atoms with Crippen LogP contribution in [0.2, 0.25) is 0 Å². The van der Waals surface area contributed by atoms with Gasteiger partial charge in [-0.05, 0) is 30.8 Å². The zero-order chi connectivity index (χ0) is 14.7. The van der Waals surface area contributed by atoms with Gasteiger partial charge in [-0.3, -0.25) is 4.99 Å². The summed E-state index contributed by atoms with van der Waals surface area (Å²) in [5, 5.41) is 6.62. The highest BCUT2D eigenvalue weighted by atomic mass is 127. The third kappa shape index (κ3) is 11.0. The first-order valence-electron chi connectivity index (χ1n) is 6.99. The summed E-state index contributed by atoms with van der Waals surface area (Å²) in [6, 6.07) is 0. The molecular formula is C14H32IN3OS. The third-order valence-corrected chi connectivity index (χ3v) is 3.52. The summed E-state index contributed by atoms with van der Waals surface area (Å²) in [6.07, 6.45) is 3.42. The van der Waals surface area contributed by atoms with Crippen LogP contribution in [0.15, 0.2) is 4.99 Å². The topological polar surface area (TPSA) is 45.7 Å². The maximum atomic E-state index is 5.52. The molecule has 0 radical (unpaired) electrons. The van der Waals surface area contributed by atoms with Crippen LogP contribution < -0.4 is 10.6 Å². The number of thioether (sulfide) groups is 1. The van der Waals surface area contributed by atoms with Gasteiger partial charge in [0.05, 0.1) is 12.6 Å². The molecule has 6 heteroatoms. The van der Waals surface area contributed by atoms with E-state index in [1.165, 1.54) is 5.75 Å². The molecule has 122 valence electrons. The molecule has 0 saturated heterocycles. The van der Waals surface area contributed by atoms with Gasteiger partial charge in [0.2, 0.25) is 0 Å². The zero-order valence-corrected chi connectivity index (χ0v) is 16.9. The van der Waals surface area contributed by atoms with E-state index in [0.29, 0.717) is 6.54 Å². The molecular weight excluding hydrogens is 385 g/mol. The van der Waals surface area contributed by atoms with E-state index < -0.39 is 0 Å². The van der Waals surface area contributed by atoms with Gasteiger partial charge in [0.1, 0.15) is 0 Å². The molecule has 0 bridgehead atoms. The maximum absolute atomic E-state index is 5.52. The molecule has 0 aromatic rings. The number of ether oxygens (including phenoxy) is 1. The fourth-order valence-corrected chi connectivity index (χ4v) is 2.07. The standard InChI is InChI=1S/C14H31N3OS.HI/c1-7-15-13(16-9-8-10-19-6)17-11-12(18-5)14(2,3)4;/h12H,7-11H2,1-6H3,(H2,15,16,17);1H. The minimum absolute atomic E-state index is 0. The Morgan fingerprint density at radius 1 is 1.30 bits per heavy atom. The lowest BCUT2D eigenvalue weighted by molar-refractivity contribution is 0.0241. The predicted octanol–water partition coefficient (Wildman–Crippen LogP) is 2.97. The molecule has 0 aromatic heterocycles. The van der Waals surface area contributed by atoms with Gasteiger partial charge in [0.15, 0.2) is 5.96 Å². The van der Waals surface area contributed by atoms with E-state index in [1.807, 2.05) is 11.8 Å². The van der Waals surface area contributed by atoms with Gasteiger partial charge in [-0.2, -0.15) is 11.8 Å². The summed E-state index contributed by atoms with van der Waals surface area (Å²) in [5.41, 5.74) is 0.106. The number of halogens is 1. The van der Waals surface area contributed by atoms with Crippen molar-refractivity contribution in [1.82, 2.24) is 10.6 Å². The minimum Gasteiger partial charge on any atom is -0.379 e. The molecule has 0 aliphatic heterocycles. The normalized spacial score (nSPS) is 13.6. The lowest BCUT2D eigenvalue weighted by atomic mass is 9.89. The molecule has 0 aliphatic carbocycles. The Balaban J connectivity index is 0. The van der Waals surface area contributed by atoms with Crippen LogP contribution >= 0.6 is 35.7 Å². The van der Waals surface area contributed by atoms with E-state index in [1.54, 1.807) is 7.11 Å². The van der Waals surface area contributed by atoms with Crippen LogP contribution in [-0.2, 0) is 4.74 Å². The van der Waals surface area contributed by atoms with E-state index in [2.05, 4.69) is 49.6 Å². The van der Waals surface area contributed by atoms with E-state index in [9.17, 15) is 0 Å². The van der Waals surface area contributed by atoms with Crippen molar-refractivity contribution in [3.05, 3.63) is 0 Å². The van der Waals surface area contributed by atoms with Crippen molar-refractivity contribution >= 4 is 41.7 Å². The van der Waals surface area contributed by atoms with Crippen LogP contribution in [0.5, 0.6) is 0 Å². The fraction of sp³-hybridized carbons (Fsp3) is 0.929. The van der Waals surface area contributed by atoms with Crippen molar-refractivity contribution in [2.75, 3.05) is 38.8 Å². The fourth-order valence-electron chi connectivity index (χ4n) is 1.64. The molecule has 1 unspecified atom stereocenters. The highest BCUT2D eigenvalue weighted by Gasteiger charge is 2.23. The SMILES string of the molecule is CCNC(=NCC(OC)C(C)(C)C)NCCCSC.I. The largest absolute Gasteiger partial charge is 0.379 e. The van der Waals surface area contributed by atoms with E-state index in [0.717, 1.165) is 25.5 Å². The molecule has 0 fully saturated rings. The molecule has 0 saturated carbocycles. The molecule has 0 amide bonds. The average molecular weight is 417 g/mol. The Morgan fingerprint density at radius 2 is 1.95 bits per heavy atom. The first-order valence-corrected chi connectivity index (χ1v) is 8.39. The number of rotatable bonds is 8. The number of hydrogen-bond acceptors (Lipinski definition) is 3. The summed E-state index contributed by atoms with van der Waals surface area (Å²) < 4.78 is 5.52. The van der Waals surface area contributed by atoms with Gasteiger partial charge in [-0.15, -0.1) is 24.0 Å². The van der Waals surface area contributed by atoms with E-state index in [4.69, 9.17) is 4.74 Å². The van der Waals surface area contributed by atoms with Crippen molar-refractivity contribution in [3.8, 4) is 0 Å². The predicted molar refractivity (Wildman–Crippen MR) is 103 cm³/mol. The zero-order valence-electron chi connectivity index (χ0n) is 13.8. The van der Waals surface area contributed by atoms with Crippen molar-refractivity contribution in [1.29, 1.82) is 0 Å². The van der Waals surface area contributed by atoms with Crippen LogP contribution in [0.25, 0.3) is 0 Å². The van der Waals surface area contributed by atoms with Crippen LogP contribution in [0, 0.1) is 5.41 Å². The smallest absolute Gasteiger partial charge is 0.191 e. The molecule has 2 N–H and O–H groups in total. The highest BCUT2D eigenvalue weighted by Crippen LogP contribution is 2.21. The Hall–Kier alpha value is 0.310. The summed E-state index contributed by atoms with van der Waals surface area (Å²) >= 11 is 1.87. The molecule has 4 nitrogen and oxygen atoms in total. The van der Waals surface area contributed by atoms with Gasteiger partial charge in [0.25, 0.3) is 0 Å². The molecule has 0 aliphatic rings. The Labute approximate surface area is 146 Å². The van der Waals surface area contributed by atoms with Gasteiger partial charge in [-0.1, -0.05) is 20.8 Å². The van der Waals surface area contributed by atoms with Crippen LogP contribution in [0.3, 0.4) is 0 Å². The summed E-state index contributed by atoms with van der Waals surface area (Å²) in [6.45, 7) is 11.1. The number of aliphatic imine (C=N–C) groups is 1. The monoisotopic (exact) mass is 417 g/mol. The average Bonchev–Trinajstić information content (AvgIpc) is 2.33. The highest BCUT2D eigenvalue weighted by molar-refractivity contribution is 14.0. The second-order valence-electron chi connectivity index (χ2n) is 5.58. The number of methoxy groups -OCH3 is 1. The lowest BCUT2D eigenvalue weighted by Gasteiger charge is -2.28. The van der Waals surface area contributed by atoms with Crippen LogP contribution in [-0.4, -0.2) is 50.8 Å². The van der Waals surface area contributed by atoms with Crippen molar-refractivity contribution in [2.45, 2.75) is 40.2 Å². The van der Waals surface area contributed by atoms with Crippen molar-refractivity contribution in [3.63, 3.8) is 0 Å². The molecule has 0 spiro atoms. The van der Waals surface area contributed by atoms with Gasteiger partial charge in [-0.25, -0.2) is 0 Å². The lowest BCUT2D eigenvalue weighted by Crippen LogP contribution is -2.39. The van der Waals surface area contributed by atoms with Crippen molar-refractivity contribution in [2.24, 2.45) is 10.4 Å². The first-order chi connectivity index (χ1) is 8.95. The second kappa shape index (κ2) is 13.0. The Bertz CT molecular complexity index is 257. The Kier molecular flexibility index (Phi) is 14.7. The minimum atomic E-state index is 0. The Morgan fingerprint density at radius 3 is 2.40 bits per heavy atom. The quantitative estimate of drug-likeness (QED) is 0.276. The molecule has 20 heavy (non-hydrogen) atoms. The molecule has 0 aromatic carbocycles. The van der Waals surface area contributed by atoms with E-state index >= 15 is 0 Å².